The number of nitrogens with zero attached hydrogens (tertiary/aromatic N) is 1. The summed E-state index contributed by atoms with van der Waals surface area (Å²) in [5, 5.41) is 0. The second-order valence-corrected chi connectivity index (χ2v) is 4.17. The Labute approximate surface area is 96.8 Å². The lowest BCUT2D eigenvalue weighted by molar-refractivity contribution is -0.890. The van der Waals surface area contributed by atoms with Crippen molar-refractivity contribution in [2.24, 2.45) is 0 Å². The van der Waals surface area contributed by atoms with Gasteiger partial charge >= 0.3 is 5.97 Å². The van der Waals surface area contributed by atoms with E-state index in [9.17, 15) is 4.79 Å². The summed E-state index contributed by atoms with van der Waals surface area (Å²) < 4.78 is 10.9. The molecule has 1 heterocycles. The number of likely N-dealkylation sites (N-methyl/N-ethyl adjacent to an activating group) is 1. The first-order chi connectivity index (χ1) is 6.53. The molecule has 0 aromatic heterocycles. The van der Waals surface area contributed by atoms with Crippen molar-refractivity contribution < 1.29 is 31.2 Å². The van der Waals surface area contributed by atoms with Gasteiger partial charge in [-0.1, -0.05) is 6.58 Å². The molecule has 0 spiro atoms. The smallest absolute Gasteiger partial charge is 0.330 e. The molecule has 4 nitrogen and oxygen atoms in total. The van der Waals surface area contributed by atoms with Crippen molar-refractivity contribution in [1.29, 1.82) is 0 Å². The molecule has 0 aromatic rings. The molecule has 1 fully saturated rings. The highest BCUT2D eigenvalue weighted by atomic mass is 35.5. The zero-order chi connectivity index (χ0) is 10.6. The average Bonchev–Trinajstić information content (AvgIpc) is 2.86. The predicted octanol–water partition coefficient (Wildman–Crippen LogP) is -2.81. The van der Waals surface area contributed by atoms with E-state index in [1.54, 1.807) is 0 Å². The van der Waals surface area contributed by atoms with Gasteiger partial charge in [0.2, 0.25) is 0 Å². The minimum absolute atomic E-state index is 0. The Morgan fingerprint density at radius 2 is 2.27 bits per heavy atom. The second-order valence-electron chi connectivity index (χ2n) is 4.17. The predicted molar refractivity (Wildman–Crippen MR) is 52.7 cm³/mol. The van der Waals surface area contributed by atoms with Gasteiger partial charge in [0.25, 0.3) is 0 Å². The first kappa shape index (κ1) is 14.4. The zero-order valence-electron chi connectivity index (χ0n) is 9.24. The maximum absolute atomic E-state index is 10.8. The molecule has 1 aliphatic rings. The zero-order valence-corrected chi connectivity index (χ0v) is 10.00. The van der Waals surface area contributed by atoms with Gasteiger partial charge in [0.05, 0.1) is 20.7 Å². The number of carbonyl (C=O) groups is 1. The summed E-state index contributed by atoms with van der Waals surface area (Å²) in [4.78, 5) is 10.8. The van der Waals surface area contributed by atoms with Crippen LogP contribution in [0.4, 0.5) is 0 Å². The molecule has 0 amide bonds. The van der Waals surface area contributed by atoms with E-state index in [0.717, 1.165) is 24.2 Å². The van der Waals surface area contributed by atoms with E-state index in [2.05, 4.69) is 20.7 Å². The Balaban J connectivity index is 0.00000196. The van der Waals surface area contributed by atoms with E-state index in [4.69, 9.17) is 9.47 Å². The van der Waals surface area contributed by atoms with Crippen molar-refractivity contribution in [3.05, 3.63) is 12.7 Å². The second kappa shape index (κ2) is 6.10. The molecule has 1 saturated heterocycles. The van der Waals surface area contributed by atoms with E-state index in [1.165, 1.54) is 6.08 Å². The molecule has 1 unspecified atom stereocenters. The average molecular weight is 236 g/mol. The number of carbonyl (C=O) groups excluding carboxylic acids is 1. The van der Waals surface area contributed by atoms with Crippen molar-refractivity contribution in [1.82, 2.24) is 0 Å². The highest BCUT2D eigenvalue weighted by molar-refractivity contribution is 5.81. The van der Waals surface area contributed by atoms with E-state index >= 15 is 0 Å². The number of rotatable bonds is 6. The number of halogens is 1. The van der Waals surface area contributed by atoms with Crippen LogP contribution >= 0.6 is 0 Å². The van der Waals surface area contributed by atoms with Crippen LogP contribution in [0.3, 0.4) is 0 Å². The van der Waals surface area contributed by atoms with Crippen molar-refractivity contribution in [3.63, 3.8) is 0 Å². The van der Waals surface area contributed by atoms with E-state index in [0.29, 0.717) is 12.7 Å². The maximum Gasteiger partial charge on any atom is 0.330 e. The summed E-state index contributed by atoms with van der Waals surface area (Å²) in [5.41, 5.74) is 0. The van der Waals surface area contributed by atoms with Gasteiger partial charge in [-0.25, -0.2) is 4.79 Å². The molecule has 5 heteroatoms. The molecule has 1 rings (SSSR count). The van der Waals surface area contributed by atoms with Crippen molar-refractivity contribution in [2.45, 2.75) is 6.10 Å². The Bertz CT molecular complexity index is 227. The van der Waals surface area contributed by atoms with Gasteiger partial charge in [-0.05, 0) is 0 Å². The molecule has 15 heavy (non-hydrogen) atoms. The van der Waals surface area contributed by atoms with Gasteiger partial charge in [0.15, 0.2) is 0 Å². The Hall–Kier alpha value is -0.580. The fourth-order valence-electron chi connectivity index (χ4n) is 1.27. The van der Waals surface area contributed by atoms with Gasteiger partial charge in [0, 0.05) is 6.08 Å². The molecular formula is C10H18ClNO3. The summed E-state index contributed by atoms with van der Waals surface area (Å²) in [7, 11) is 4.20. The van der Waals surface area contributed by atoms with Crippen LogP contribution in [0.5, 0.6) is 0 Å². The van der Waals surface area contributed by atoms with Crippen LogP contribution in [0.2, 0.25) is 0 Å². The lowest BCUT2D eigenvalue weighted by Crippen LogP contribution is -3.00. The van der Waals surface area contributed by atoms with Crippen LogP contribution in [-0.4, -0.2) is 57.0 Å². The van der Waals surface area contributed by atoms with Gasteiger partial charge in [-0.2, -0.15) is 0 Å². The van der Waals surface area contributed by atoms with Gasteiger partial charge in [-0.3, -0.25) is 0 Å². The van der Waals surface area contributed by atoms with Crippen LogP contribution in [0.15, 0.2) is 12.7 Å². The van der Waals surface area contributed by atoms with Crippen LogP contribution in [-0.2, 0) is 14.3 Å². The molecule has 0 saturated carbocycles. The van der Waals surface area contributed by atoms with E-state index in [1.807, 2.05) is 0 Å². The highest BCUT2D eigenvalue weighted by Gasteiger charge is 2.31. The SMILES string of the molecule is C=CC(=O)OCC[N+](C)(C)CC1CO1.[Cl-]. The molecule has 0 radical (unpaired) electrons. The van der Waals surface area contributed by atoms with Crippen LogP contribution in [0, 0.1) is 0 Å². The quantitative estimate of drug-likeness (QED) is 0.216. The van der Waals surface area contributed by atoms with Crippen molar-refractivity contribution in [2.75, 3.05) is 40.4 Å². The minimum atomic E-state index is -0.354. The van der Waals surface area contributed by atoms with Gasteiger partial charge in [0.1, 0.15) is 25.8 Å². The number of hydrogen-bond donors (Lipinski definition) is 0. The fourth-order valence-corrected chi connectivity index (χ4v) is 1.27. The first-order valence-electron chi connectivity index (χ1n) is 4.76. The van der Waals surface area contributed by atoms with Crippen LogP contribution in [0.25, 0.3) is 0 Å². The number of esters is 1. The highest BCUT2D eigenvalue weighted by Crippen LogP contribution is 2.13. The normalized spacial score (nSPS) is 18.9. The van der Waals surface area contributed by atoms with Crippen LogP contribution < -0.4 is 12.4 Å². The summed E-state index contributed by atoms with van der Waals surface area (Å²) in [6, 6.07) is 0. The summed E-state index contributed by atoms with van der Waals surface area (Å²) in [6.07, 6.45) is 1.59. The van der Waals surface area contributed by atoms with E-state index < -0.39 is 0 Å². The summed E-state index contributed by atoms with van der Waals surface area (Å²) in [6.45, 7) is 6.42. The first-order valence-corrected chi connectivity index (χ1v) is 4.76. The van der Waals surface area contributed by atoms with Gasteiger partial charge in [-0.15, -0.1) is 0 Å². The molecule has 0 aliphatic carbocycles. The molecule has 0 bridgehead atoms. The molecule has 1 aliphatic heterocycles. The third kappa shape index (κ3) is 6.49. The molecule has 0 N–H and O–H groups in total. The lowest BCUT2D eigenvalue weighted by atomic mass is 10.3. The third-order valence-electron chi connectivity index (χ3n) is 2.21. The van der Waals surface area contributed by atoms with Crippen molar-refractivity contribution in [3.8, 4) is 0 Å². The Morgan fingerprint density at radius 3 is 2.73 bits per heavy atom. The summed E-state index contributed by atoms with van der Waals surface area (Å²) >= 11 is 0. The molecule has 0 aromatic carbocycles. The molecular weight excluding hydrogens is 218 g/mol. The molecule has 1 atom stereocenters. The standard InChI is InChI=1S/C10H18NO3.ClH/c1-4-10(12)13-6-5-11(2,3)7-9-8-14-9;/h4,9H,1,5-8H2,2-3H3;1H/q+1;/p-1. The molecule has 88 valence electrons. The lowest BCUT2D eigenvalue weighted by Gasteiger charge is -2.28. The van der Waals surface area contributed by atoms with Crippen molar-refractivity contribution >= 4 is 5.97 Å². The number of quaternary nitrogens is 1. The number of hydrogen-bond acceptors (Lipinski definition) is 3. The topological polar surface area (TPSA) is 38.8 Å². The monoisotopic (exact) mass is 235 g/mol. The number of epoxide rings is 1. The maximum atomic E-state index is 10.8. The van der Waals surface area contributed by atoms with Gasteiger partial charge < -0.3 is 26.4 Å². The summed E-state index contributed by atoms with van der Waals surface area (Å²) in [5.74, 6) is -0.354. The van der Waals surface area contributed by atoms with E-state index in [-0.39, 0.29) is 18.4 Å². The number of ether oxygens (including phenoxy) is 2. The fraction of sp³-hybridized carbons (Fsp3) is 0.700. The van der Waals surface area contributed by atoms with Crippen LogP contribution in [0.1, 0.15) is 0 Å². The third-order valence-corrected chi connectivity index (χ3v) is 2.21. The Kier molecular flexibility index (Phi) is 5.87. The Morgan fingerprint density at radius 1 is 1.67 bits per heavy atom. The largest absolute Gasteiger partial charge is 1.00 e. The minimum Gasteiger partial charge on any atom is -1.00 e.